The summed E-state index contributed by atoms with van der Waals surface area (Å²) in [4.78, 5) is 23.5. The van der Waals surface area contributed by atoms with Crippen LogP contribution in [0.2, 0.25) is 0 Å². The van der Waals surface area contributed by atoms with Crippen LogP contribution in [0.25, 0.3) is 0 Å². The minimum absolute atomic E-state index is 0.225. The number of imide groups is 1. The van der Waals surface area contributed by atoms with E-state index in [1.54, 1.807) is 11.2 Å². The third-order valence-corrected chi connectivity index (χ3v) is 2.47. The predicted octanol–water partition coefficient (Wildman–Crippen LogP) is -1.68. The standard InChI is InChI=1S/C7H12N2O3S/c1-13(12)3-2-9-4-6(10)8-7(11)5-9/h2-5H2,1H3,(H,8,10,11). The molecular weight excluding hydrogens is 192 g/mol. The molecule has 13 heavy (non-hydrogen) atoms. The molecule has 1 aliphatic heterocycles. The number of carbonyl (C=O) groups is 2. The zero-order chi connectivity index (χ0) is 9.84. The van der Waals surface area contributed by atoms with Crippen molar-refractivity contribution in [1.29, 1.82) is 0 Å². The third kappa shape index (κ3) is 3.65. The molecule has 0 spiro atoms. The van der Waals surface area contributed by atoms with Crippen LogP contribution < -0.4 is 5.32 Å². The summed E-state index contributed by atoms with van der Waals surface area (Å²) in [6.07, 6.45) is 1.60. The molecule has 0 aromatic carbocycles. The van der Waals surface area contributed by atoms with Crippen molar-refractivity contribution in [1.82, 2.24) is 10.2 Å². The van der Waals surface area contributed by atoms with Crippen LogP contribution in [-0.2, 0) is 20.4 Å². The lowest BCUT2D eigenvalue weighted by atomic mass is 10.3. The molecule has 1 aliphatic rings. The maximum Gasteiger partial charge on any atom is 0.240 e. The number of amides is 2. The third-order valence-electron chi connectivity index (χ3n) is 1.71. The van der Waals surface area contributed by atoms with Crippen LogP contribution in [0.3, 0.4) is 0 Å². The molecule has 0 saturated carbocycles. The van der Waals surface area contributed by atoms with Gasteiger partial charge in [0.1, 0.15) is 0 Å². The summed E-state index contributed by atoms with van der Waals surface area (Å²) in [6, 6.07) is 0. The second-order valence-corrected chi connectivity index (χ2v) is 4.51. The van der Waals surface area contributed by atoms with Gasteiger partial charge < -0.3 is 0 Å². The molecule has 0 radical (unpaired) electrons. The minimum atomic E-state index is -0.874. The lowest BCUT2D eigenvalue weighted by Crippen LogP contribution is -2.52. The van der Waals surface area contributed by atoms with E-state index in [-0.39, 0.29) is 24.9 Å². The summed E-state index contributed by atoms with van der Waals surface area (Å²) in [5.74, 6) is -0.0585. The van der Waals surface area contributed by atoms with Crippen LogP contribution in [0.4, 0.5) is 0 Å². The lowest BCUT2D eigenvalue weighted by molar-refractivity contribution is -0.135. The Balaban J connectivity index is 2.37. The van der Waals surface area contributed by atoms with Gasteiger partial charge in [0.15, 0.2) is 0 Å². The number of hydrogen-bond donors (Lipinski definition) is 1. The highest BCUT2D eigenvalue weighted by atomic mass is 32.2. The number of nitrogens with zero attached hydrogens (tertiary/aromatic N) is 1. The Labute approximate surface area is 78.9 Å². The van der Waals surface area contributed by atoms with E-state index in [9.17, 15) is 13.8 Å². The molecule has 2 amide bonds. The van der Waals surface area contributed by atoms with E-state index >= 15 is 0 Å². The second kappa shape index (κ2) is 4.48. The lowest BCUT2D eigenvalue weighted by Gasteiger charge is -2.24. The molecule has 74 valence electrons. The quantitative estimate of drug-likeness (QED) is 0.558. The van der Waals surface area contributed by atoms with Crippen LogP contribution >= 0.6 is 0 Å². The van der Waals surface area contributed by atoms with Crippen LogP contribution in [0.5, 0.6) is 0 Å². The normalized spacial score (nSPS) is 21.3. The summed E-state index contributed by atoms with van der Waals surface area (Å²) < 4.78 is 10.7. The summed E-state index contributed by atoms with van der Waals surface area (Å²) in [7, 11) is -0.874. The Kier molecular flexibility index (Phi) is 3.56. The van der Waals surface area contributed by atoms with E-state index in [4.69, 9.17) is 0 Å². The van der Waals surface area contributed by atoms with Crippen molar-refractivity contribution >= 4 is 22.6 Å². The first-order valence-electron chi connectivity index (χ1n) is 3.93. The Morgan fingerprint density at radius 2 is 1.92 bits per heavy atom. The molecule has 0 aromatic rings. The monoisotopic (exact) mass is 204 g/mol. The van der Waals surface area contributed by atoms with Crippen molar-refractivity contribution in [2.24, 2.45) is 0 Å². The molecule has 1 atom stereocenters. The number of rotatable bonds is 3. The van der Waals surface area contributed by atoms with Gasteiger partial charge in [-0.3, -0.25) is 24.0 Å². The van der Waals surface area contributed by atoms with Gasteiger partial charge in [-0.25, -0.2) is 0 Å². The van der Waals surface area contributed by atoms with Gasteiger partial charge in [0.2, 0.25) is 11.8 Å². The smallest absolute Gasteiger partial charge is 0.240 e. The van der Waals surface area contributed by atoms with Crippen LogP contribution in [-0.4, -0.2) is 52.6 Å². The first kappa shape index (κ1) is 10.3. The van der Waals surface area contributed by atoms with E-state index in [0.29, 0.717) is 12.3 Å². The molecule has 1 saturated heterocycles. The molecule has 1 unspecified atom stereocenters. The van der Waals surface area contributed by atoms with Crippen molar-refractivity contribution in [2.45, 2.75) is 0 Å². The number of nitrogens with one attached hydrogen (secondary N) is 1. The zero-order valence-corrected chi connectivity index (χ0v) is 8.23. The number of carbonyl (C=O) groups excluding carboxylic acids is 2. The largest absolute Gasteiger partial charge is 0.294 e. The second-order valence-electron chi connectivity index (χ2n) is 2.96. The van der Waals surface area contributed by atoms with Gasteiger partial charge in [-0.15, -0.1) is 0 Å². The first-order chi connectivity index (χ1) is 6.08. The van der Waals surface area contributed by atoms with E-state index in [1.807, 2.05) is 0 Å². The van der Waals surface area contributed by atoms with Crippen molar-refractivity contribution in [3.8, 4) is 0 Å². The van der Waals surface area contributed by atoms with Gasteiger partial charge in [-0.05, 0) is 0 Å². The molecule has 5 nitrogen and oxygen atoms in total. The molecule has 6 heteroatoms. The first-order valence-corrected chi connectivity index (χ1v) is 5.65. The van der Waals surface area contributed by atoms with E-state index in [0.717, 1.165) is 0 Å². The summed E-state index contributed by atoms with van der Waals surface area (Å²) in [5, 5.41) is 2.20. The average molecular weight is 204 g/mol. The van der Waals surface area contributed by atoms with Gasteiger partial charge in [-0.2, -0.15) is 0 Å². The number of piperazine rings is 1. The molecule has 1 fully saturated rings. The van der Waals surface area contributed by atoms with E-state index in [2.05, 4.69) is 5.32 Å². The predicted molar refractivity (Wildman–Crippen MR) is 48.5 cm³/mol. The summed E-state index contributed by atoms with van der Waals surface area (Å²) >= 11 is 0. The van der Waals surface area contributed by atoms with Gasteiger partial charge in [0.25, 0.3) is 0 Å². The van der Waals surface area contributed by atoms with E-state index < -0.39 is 10.8 Å². The zero-order valence-electron chi connectivity index (χ0n) is 7.41. The van der Waals surface area contributed by atoms with Crippen molar-refractivity contribution in [3.63, 3.8) is 0 Å². The van der Waals surface area contributed by atoms with Gasteiger partial charge in [0.05, 0.1) is 13.1 Å². The summed E-state index contributed by atoms with van der Waals surface area (Å²) in [6.45, 7) is 0.980. The SMILES string of the molecule is CS(=O)CCN1CC(=O)NC(=O)C1. The molecule has 0 aliphatic carbocycles. The maximum atomic E-state index is 10.9. The Morgan fingerprint density at radius 1 is 1.38 bits per heavy atom. The Hall–Kier alpha value is -0.750. The maximum absolute atomic E-state index is 10.9. The van der Waals surface area contributed by atoms with Gasteiger partial charge in [-0.1, -0.05) is 0 Å². The molecule has 1 N–H and O–H groups in total. The van der Waals surface area contributed by atoms with Crippen LogP contribution in [0, 0.1) is 0 Å². The highest BCUT2D eigenvalue weighted by Crippen LogP contribution is 1.94. The van der Waals surface area contributed by atoms with Crippen molar-refractivity contribution < 1.29 is 13.8 Å². The molecule has 0 bridgehead atoms. The van der Waals surface area contributed by atoms with Crippen molar-refractivity contribution in [2.75, 3.05) is 31.6 Å². The van der Waals surface area contributed by atoms with E-state index in [1.165, 1.54) is 0 Å². The van der Waals surface area contributed by atoms with Crippen LogP contribution in [0.15, 0.2) is 0 Å². The van der Waals surface area contributed by atoms with Crippen LogP contribution in [0.1, 0.15) is 0 Å². The molecule has 1 rings (SSSR count). The Bertz CT molecular complexity index is 238. The van der Waals surface area contributed by atoms with Crippen molar-refractivity contribution in [3.05, 3.63) is 0 Å². The number of hydrogen-bond acceptors (Lipinski definition) is 4. The van der Waals surface area contributed by atoms with Gasteiger partial charge >= 0.3 is 0 Å². The minimum Gasteiger partial charge on any atom is -0.294 e. The average Bonchev–Trinajstić information content (AvgIpc) is 1.99. The Morgan fingerprint density at radius 3 is 2.38 bits per heavy atom. The molecule has 0 aromatic heterocycles. The highest BCUT2D eigenvalue weighted by molar-refractivity contribution is 7.84. The summed E-state index contributed by atoms with van der Waals surface area (Å²) in [5.41, 5.74) is 0. The topological polar surface area (TPSA) is 66.5 Å². The fourth-order valence-electron chi connectivity index (χ4n) is 1.11. The fourth-order valence-corrected chi connectivity index (χ4v) is 1.63. The molecule has 1 heterocycles. The van der Waals surface area contributed by atoms with Gasteiger partial charge in [0, 0.05) is 29.4 Å². The fraction of sp³-hybridized carbons (Fsp3) is 0.714. The highest BCUT2D eigenvalue weighted by Gasteiger charge is 2.21. The molecular formula is C7H12N2O3S.